The molecule has 2 atom stereocenters. The molecule has 1 N–H and O–H groups in total. The summed E-state index contributed by atoms with van der Waals surface area (Å²) in [6, 6.07) is 0.372. The Morgan fingerprint density at radius 3 is 2.06 bits per heavy atom. The Labute approximate surface area is 195 Å². The van der Waals surface area contributed by atoms with Crippen molar-refractivity contribution in [2.75, 3.05) is 0 Å². The van der Waals surface area contributed by atoms with E-state index in [1.165, 1.54) is 72.9 Å². The standard InChI is InChI=1S/C30H53N/c1-10-12-20-27(7)29(9)31-30(22-13-11-2)28(8)21-15-14-18-25(5)23-26(6)19-16-17-24(3)4/h17,23,27,30-31H,5,8-16,18-22H2,1-4,6-7H3/b26-23+. The molecule has 0 fully saturated rings. The van der Waals surface area contributed by atoms with Crippen molar-refractivity contribution in [2.24, 2.45) is 5.92 Å². The van der Waals surface area contributed by atoms with Gasteiger partial charge in [0.15, 0.2) is 0 Å². The minimum absolute atomic E-state index is 0.372. The number of unbranched alkanes of at least 4 members (excludes halogenated alkanes) is 3. The lowest BCUT2D eigenvalue weighted by atomic mass is 9.94. The predicted octanol–water partition coefficient (Wildman–Crippen LogP) is 9.84. The van der Waals surface area contributed by atoms with E-state index in [4.69, 9.17) is 0 Å². The second kappa shape index (κ2) is 18.1. The van der Waals surface area contributed by atoms with Gasteiger partial charge in [-0.2, -0.15) is 0 Å². The summed E-state index contributed by atoms with van der Waals surface area (Å²) in [5.74, 6) is 0.534. The molecule has 0 aliphatic rings. The van der Waals surface area contributed by atoms with Gasteiger partial charge in [0, 0.05) is 11.7 Å². The normalized spacial score (nSPS) is 13.4. The Kier molecular flexibility index (Phi) is 17.2. The van der Waals surface area contributed by atoms with Gasteiger partial charge in [-0.25, -0.2) is 0 Å². The zero-order chi connectivity index (χ0) is 23.6. The summed E-state index contributed by atoms with van der Waals surface area (Å²) in [7, 11) is 0. The predicted molar refractivity (Wildman–Crippen MR) is 143 cm³/mol. The average molecular weight is 428 g/mol. The van der Waals surface area contributed by atoms with Crippen LogP contribution in [0.4, 0.5) is 0 Å². The Hall–Kier alpha value is -1.50. The summed E-state index contributed by atoms with van der Waals surface area (Å²) in [6.07, 6.45) is 18.8. The van der Waals surface area contributed by atoms with E-state index in [-0.39, 0.29) is 0 Å². The monoisotopic (exact) mass is 427 g/mol. The maximum atomic E-state index is 4.45. The molecular formula is C30H53N. The second-order valence-electron chi connectivity index (χ2n) is 9.74. The van der Waals surface area contributed by atoms with Crippen molar-refractivity contribution < 1.29 is 0 Å². The van der Waals surface area contributed by atoms with Gasteiger partial charge < -0.3 is 5.32 Å². The maximum absolute atomic E-state index is 4.45. The molecule has 2 unspecified atom stereocenters. The molecule has 0 saturated heterocycles. The van der Waals surface area contributed by atoms with Crippen LogP contribution in [0.5, 0.6) is 0 Å². The number of allylic oxidation sites excluding steroid dienone is 6. The van der Waals surface area contributed by atoms with Crippen molar-refractivity contribution in [3.8, 4) is 0 Å². The fourth-order valence-electron chi connectivity index (χ4n) is 3.80. The highest BCUT2D eigenvalue weighted by Crippen LogP contribution is 2.21. The molecule has 178 valence electrons. The number of nitrogens with one attached hydrogen (secondary N) is 1. The van der Waals surface area contributed by atoms with Gasteiger partial charge in [0.25, 0.3) is 0 Å². The van der Waals surface area contributed by atoms with E-state index in [0.29, 0.717) is 12.0 Å². The van der Waals surface area contributed by atoms with Crippen LogP contribution in [-0.2, 0) is 0 Å². The summed E-state index contributed by atoms with van der Waals surface area (Å²) < 4.78 is 0. The van der Waals surface area contributed by atoms with E-state index in [1.807, 2.05) is 0 Å². The quantitative estimate of drug-likeness (QED) is 0.123. The first-order valence-corrected chi connectivity index (χ1v) is 12.8. The molecule has 0 aromatic rings. The van der Waals surface area contributed by atoms with Crippen LogP contribution in [0, 0.1) is 5.92 Å². The molecule has 1 heteroatoms. The molecule has 0 aromatic heterocycles. The van der Waals surface area contributed by atoms with Crippen LogP contribution in [0.3, 0.4) is 0 Å². The van der Waals surface area contributed by atoms with Gasteiger partial charge in [-0.05, 0) is 78.1 Å². The van der Waals surface area contributed by atoms with Gasteiger partial charge >= 0.3 is 0 Å². The van der Waals surface area contributed by atoms with Crippen LogP contribution < -0.4 is 5.32 Å². The molecule has 0 aromatic carbocycles. The van der Waals surface area contributed by atoms with E-state index < -0.39 is 0 Å². The van der Waals surface area contributed by atoms with Crippen LogP contribution in [0.2, 0.25) is 0 Å². The molecule has 0 aliphatic heterocycles. The van der Waals surface area contributed by atoms with Crippen molar-refractivity contribution in [3.05, 3.63) is 59.9 Å². The molecule has 0 heterocycles. The molecule has 1 nitrogen and oxygen atoms in total. The number of rotatable bonds is 19. The molecule has 0 amide bonds. The highest BCUT2D eigenvalue weighted by molar-refractivity contribution is 5.20. The number of hydrogen-bond donors (Lipinski definition) is 1. The van der Waals surface area contributed by atoms with Crippen LogP contribution in [0.25, 0.3) is 0 Å². The summed E-state index contributed by atoms with van der Waals surface area (Å²) >= 11 is 0. The van der Waals surface area contributed by atoms with Crippen molar-refractivity contribution in [3.63, 3.8) is 0 Å². The minimum atomic E-state index is 0.372. The first kappa shape index (κ1) is 29.5. The zero-order valence-corrected chi connectivity index (χ0v) is 21.9. The van der Waals surface area contributed by atoms with Gasteiger partial charge in [0.1, 0.15) is 0 Å². The van der Waals surface area contributed by atoms with Crippen LogP contribution in [0.15, 0.2) is 59.9 Å². The van der Waals surface area contributed by atoms with E-state index in [9.17, 15) is 0 Å². The molecule has 31 heavy (non-hydrogen) atoms. The first-order valence-electron chi connectivity index (χ1n) is 12.8. The maximum Gasteiger partial charge on any atom is 0.0468 e. The van der Waals surface area contributed by atoms with Crippen LogP contribution in [0.1, 0.15) is 119 Å². The average Bonchev–Trinajstić information content (AvgIpc) is 2.71. The third-order valence-corrected chi connectivity index (χ3v) is 6.07. The minimum Gasteiger partial charge on any atom is -0.382 e. The van der Waals surface area contributed by atoms with Gasteiger partial charge in [0.05, 0.1) is 0 Å². The topological polar surface area (TPSA) is 12.0 Å². The Balaban J connectivity index is 4.44. The summed E-state index contributed by atoms with van der Waals surface area (Å²) in [6.45, 7) is 26.4. The summed E-state index contributed by atoms with van der Waals surface area (Å²) in [4.78, 5) is 0. The van der Waals surface area contributed by atoms with E-state index in [1.54, 1.807) is 0 Å². The largest absolute Gasteiger partial charge is 0.382 e. The Morgan fingerprint density at radius 1 is 0.839 bits per heavy atom. The van der Waals surface area contributed by atoms with E-state index in [0.717, 1.165) is 32.1 Å². The molecule has 0 radical (unpaired) electrons. The van der Waals surface area contributed by atoms with Crippen molar-refractivity contribution in [2.45, 2.75) is 125 Å². The van der Waals surface area contributed by atoms with E-state index in [2.05, 4.69) is 78.7 Å². The lowest BCUT2D eigenvalue weighted by Gasteiger charge is -2.26. The van der Waals surface area contributed by atoms with Gasteiger partial charge in [-0.1, -0.05) is 101 Å². The SMILES string of the molecule is C=C(/C=C(\C)CCC=C(C)C)CCCCC(=C)C(CCCC)NC(=C)C(C)CCCC. The third kappa shape index (κ3) is 15.9. The van der Waals surface area contributed by atoms with Gasteiger partial charge in [-0.15, -0.1) is 0 Å². The van der Waals surface area contributed by atoms with Crippen LogP contribution >= 0.6 is 0 Å². The Bertz CT molecular complexity index is 586. The molecule has 0 rings (SSSR count). The van der Waals surface area contributed by atoms with Gasteiger partial charge in [0.2, 0.25) is 0 Å². The highest BCUT2D eigenvalue weighted by Gasteiger charge is 2.15. The van der Waals surface area contributed by atoms with Gasteiger partial charge in [-0.3, -0.25) is 0 Å². The lowest BCUT2D eigenvalue weighted by molar-refractivity contribution is 0.478. The zero-order valence-electron chi connectivity index (χ0n) is 21.9. The first-order chi connectivity index (χ1) is 14.7. The molecule has 0 aliphatic carbocycles. The van der Waals surface area contributed by atoms with Crippen LogP contribution in [-0.4, -0.2) is 6.04 Å². The van der Waals surface area contributed by atoms with Crippen molar-refractivity contribution >= 4 is 0 Å². The molecular weight excluding hydrogens is 374 g/mol. The third-order valence-electron chi connectivity index (χ3n) is 6.07. The molecule has 0 saturated carbocycles. The summed E-state index contributed by atoms with van der Waals surface area (Å²) in [5, 5.41) is 3.74. The van der Waals surface area contributed by atoms with E-state index >= 15 is 0 Å². The lowest BCUT2D eigenvalue weighted by Crippen LogP contribution is -2.32. The number of hydrogen-bond acceptors (Lipinski definition) is 1. The smallest absolute Gasteiger partial charge is 0.0468 e. The second-order valence-corrected chi connectivity index (χ2v) is 9.74. The molecule has 0 spiro atoms. The fourth-order valence-corrected chi connectivity index (χ4v) is 3.80. The molecule has 0 bridgehead atoms. The summed E-state index contributed by atoms with van der Waals surface area (Å²) in [5.41, 5.74) is 6.64. The highest BCUT2D eigenvalue weighted by atomic mass is 14.9. The van der Waals surface area contributed by atoms with Crippen molar-refractivity contribution in [1.82, 2.24) is 5.32 Å². The fraction of sp³-hybridized carbons (Fsp3) is 0.667. The van der Waals surface area contributed by atoms with Crippen molar-refractivity contribution in [1.29, 1.82) is 0 Å². The Morgan fingerprint density at radius 2 is 1.45 bits per heavy atom.